The molecule has 9 heteroatoms. The first-order chi connectivity index (χ1) is 13.8. The van der Waals surface area contributed by atoms with Gasteiger partial charge >= 0.3 is 0 Å². The number of hydrogen-bond donors (Lipinski definition) is 2. The molecule has 0 aromatic heterocycles. The summed E-state index contributed by atoms with van der Waals surface area (Å²) in [5.74, 6) is 0.0169. The second-order valence-corrected chi connectivity index (χ2v) is 9.22. The molecule has 0 spiro atoms. The van der Waals surface area contributed by atoms with Gasteiger partial charge in [0.2, 0.25) is 15.9 Å². The third kappa shape index (κ3) is 5.14. The van der Waals surface area contributed by atoms with Crippen molar-refractivity contribution in [1.29, 1.82) is 5.41 Å². The zero-order chi connectivity index (χ0) is 21.0. The van der Waals surface area contributed by atoms with Crippen LogP contribution in [0.2, 0.25) is 5.02 Å². The van der Waals surface area contributed by atoms with Crippen LogP contribution < -0.4 is 5.73 Å². The molecule has 154 valence electrons. The van der Waals surface area contributed by atoms with E-state index in [1.54, 1.807) is 29.2 Å². The number of nitrogen functional groups attached to an aromatic ring is 1. The van der Waals surface area contributed by atoms with Crippen LogP contribution in [0.1, 0.15) is 17.5 Å². The maximum atomic E-state index is 12.7. The summed E-state index contributed by atoms with van der Waals surface area (Å²) in [4.78, 5) is 14.4. The van der Waals surface area contributed by atoms with Crippen molar-refractivity contribution in [2.75, 3.05) is 26.2 Å². The van der Waals surface area contributed by atoms with E-state index < -0.39 is 10.0 Å². The lowest BCUT2D eigenvalue weighted by Gasteiger charge is -2.34. The van der Waals surface area contributed by atoms with E-state index in [1.807, 2.05) is 12.1 Å². The minimum Gasteiger partial charge on any atom is -0.384 e. The number of amidine groups is 1. The Morgan fingerprint density at radius 2 is 1.59 bits per heavy atom. The topological polar surface area (TPSA) is 108 Å². The second kappa shape index (κ2) is 8.94. The lowest BCUT2D eigenvalue weighted by molar-refractivity contribution is -0.132. The van der Waals surface area contributed by atoms with Gasteiger partial charge in [-0.1, -0.05) is 35.9 Å². The molecule has 0 saturated carbocycles. The number of halogens is 1. The number of amides is 1. The summed E-state index contributed by atoms with van der Waals surface area (Å²) in [6.07, 6.45) is 0.934. The van der Waals surface area contributed by atoms with Gasteiger partial charge in [0.15, 0.2) is 0 Å². The van der Waals surface area contributed by atoms with Crippen LogP contribution in [0.3, 0.4) is 0 Å². The summed E-state index contributed by atoms with van der Waals surface area (Å²) in [6.45, 7) is 1.28. The summed E-state index contributed by atoms with van der Waals surface area (Å²) >= 11 is 5.83. The van der Waals surface area contributed by atoms with Crippen LogP contribution >= 0.6 is 11.6 Å². The number of rotatable bonds is 6. The number of carbonyl (C=O) groups is 1. The summed E-state index contributed by atoms with van der Waals surface area (Å²) < 4.78 is 26.8. The van der Waals surface area contributed by atoms with Crippen molar-refractivity contribution in [3.8, 4) is 0 Å². The van der Waals surface area contributed by atoms with Gasteiger partial charge in [-0.15, -0.1) is 0 Å². The van der Waals surface area contributed by atoms with Crippen molar-refractivity contribution in [3.63, 3.8) is 0 Å². The standard InChI is InChI=1S/C20H23ClN4O3S/c21-17-6-8-18(9-7-17)29(27,28)25-13-11-24(12-14-25)19(26)10-3-15-1-4-16(5-2-15)20(22)23/h1-2,4-9H,3,10-14H2,(H3,22,23). The first-order valence-electron chi connectivity index (χ1n) is 9.24. The molecule has 0 unspecified atom stereocenters. The van der Waals surface area contributed by atoms with Crippen LogP contribution in [0.25, 0.3) is 0 Å². The monoisotopic (exact) mass is 434 g/mol. The van der Waals surface area contributed by atoms with E-state index in [0.717, 1.165) is 5.56 Å². The molecule has 0 bridgehead atoms. The zero-order valence-electron chi connectivity index (χ0n) is 15.8. The van der Waals surface area contributed by atoms with E-state index in [9.17, 15) is 13.2 Å². The highest BCUT2D eigenvalue weighted by Crippen LogP contribution is 2.20. The Hall–Kier alpha value is -2.42. The number of nitrogens with zero attached hydrogens (tertiary/aromatic N) is 2. The van der Waals surface area contributed by atoms with Crippen molar-refractivity contribution in [2.24, 2.45) is 5.73 Å². The van der Waals surface area contributed by atoms with E-state index >= 15 is 0 Å². The van der Waals surface area contributed by atoms with Crippen molar-refractivity contribution in [1.82, 2.24) is 9.21 Å². The maximum absolute atomic E-state index is 12.7. The number of aryl methyl sites for hydroxylation is 1. The average molecular weight is 435 g/mol. The predicted molar refractivity (Wildman–Crippen MR) is 113 cm³/mol. The molecule has 1 amide bonds. The van der Waals surface area contributed by atoms with Crippen molar-refractivity contribution in [2.45, 2.75) is 17.7 Å². The van der Waals surface area contributed by atoms with Crippen LogP contribution in [0.5, 0.6) is 0 Å². The summed E-state index contributed by atoms with van der Waals surface area (Å²) in [6, 6.07) is 13.3. The van der Waals surface area contributed by atoms with Gasteiger partial charge in [0.1, 0.15) is 5.84 Å². The fourth-order valence-electron chi connectivity index (χ4n) is 3.19. The maximum Gasteiger partial charge on any atom is 0.243 e. The molecule has 1 aliphatic heterocycles. The van der Waals surface area contributed by atoms with Gasteiger partial charge < -0.3 is 10.6 Å². The van der Waals surface area contributed by atoms with Gasteiger partial charge in [0.05, 0.1) is 4.90 Å². The first kappa shape index (κ1) is 21.3. The van der Waals surface area contributed by atoms with Crippen molar-refractivity contribution >= 4 is 33.4 Å². The Bertz CT molecular complexity index is 983. The first-order valence-corrected chi connectivity index (χ1v) is 11.1. The molecule has 2 aromatic carbocycles. The number of sulfonamides is 1. The summed E-state index contributed by atoms with van der Waals surface area (Å²) in [5, 5.41) is 7.88. The molecule has 2 aromatic rings. The molecule has 0 atom stereocenters. The number of benzene rings is 2. The van der Waals surface area contributed by atoms with Crippen molar-refractivity contribution < 1.29 is 13.2 Å². The Labute approximate surface area is 175 Å². The van der Waals surface area contributed by atoms with Gasteiger partial charge in [0.25, 0.3) is 0 Å². The van der Waals surface area contributed by atoms with Gasteiger partial charge in [0, 0.05) is 43.2 Å². The fourth-order valence-corrected chi connectivity index (χ4v) is 4.74. The number of hydrogen-bond acceptors (Lipinski definition) is 4. The van der Waals surface area contributed by atoms with E-state index in [1.165, 1.54) is 16.4 Å². The van der Waals surface area contributed by atoms with Crippen LogP contribution in [0.15, 0.2) is 53.4 Å². The lowest BCUT2D eigenvalue weighted by Crippen LogP contribution is -2.50. The Morgan fingerprint density at radius 1 is 1.00 bits per heavy atom. The largest absolute Gasteiger partial charge is 0.384 e. The molecular formula is C20H23ClN4O3S. The Balaban J connectivity index is 1.52. The van der Waals surface area contributed by atoms with E-state index in [-0.39, 0.29) is 29.7 Å². The SMILES string of the molecule is N=C(N)c1ccc(CCC(=O)N2CCN(S(=O)(=O)c3ccc(Cl)cc3)CC2)cc1. The third-order valence-corrected chi connectivity index (χ3v) is 7.10. The predicted octanol–water partition coefficient (Wildman–Crippen LogP) is 2.09. The molecule has 29 heavy (non-hydrogen) atoms. The van der Waals surface area contributed by atoms with Crippen molar-refractivity contribution in [3.05, 3.63) is 64.7 Å². The molecule has 1 aliphatic rings. The summed E-state index contributed by atoms with van der Waals surface area (Å²) in [7, 11) is -3.59. The van der Waals surface area contributed by atoms with E-state index in [0.29, 0.717) is 36.5 Å². The van der Waals surface area contributed by atoms with Gasteiger partial charge in [-0.2, -0.15) is 4.31 Å². The van der Waals surface area contributed by atoms with E-state index in [4.69, 9.17) is 22.7 Å². The van der Waals surface area contributed by atoms with Crippen LogP contribution in [-0.4, -0.2) is 55.5 Å². The molecule has 0 aliphatic carbocycles. The molecule has 3 N–H and O–H groups in total. The average Bonchev–Trinajstić information content (AvgIpc) is 2.72. The van der Waals surface area contributed by atoms with Gasteiger partial charge in [-0.25, -0.2) is 8.42 Å². The lowest BCUT2D eigenvalue weighted by atomic mass is 10.1. The third-order valence-electron chi connectivity index (χ3n) is 4.94. The minimum atomic E-state index is -3.59. The number of nitrogens with two attached hydrogens (primary N) is 1. The van der Waals surface area contributed by atoms with Crippen LogP contribution in [0.4, 0.5) is 0 Å². The normalized spacial score (nSPS) is 15.3. The molecular weight excluding hydrogens is 412 g/mol. The Morgan fingerprint density at radius 3 is 2.14 bits per heavy atom. The quantitative estimate of drug-likeness (QED) is 0.536. The number of carbonyl (C=O) groups excluding carboxylic acids is 1. The van der Waals surface area contributed by atoms with Gasteiger partial charge in [-0.05, 0) is 36.2 Å². The smallest absolute Gasteiger partial charge is 0.243 e. The summed E-state index contributed by atoms with van der Waals surface area (Å²) in [5.41, 5.74) is 7.08. The molecule has 1 heterocycles. The fraction of sp³-hybridized carbons (Fsp3) is 0.300. The highest BCUT2D eigenvalue weighted by Gasteiger charge is 2.29. The Kier molecular flexibility index (Phi) is 6.56. The molecule has 7 nitrogen and oxygen atoms in total. The highest BCUT2D eigenvalue weighted by molar-refractivity contribution is 7.89. The van der Waals surface area contributed by atoms with Gasteiger partial charge in [-0.3, -0.25) is 10.2 Å². The minimum absolute atomic E-state index is 0.00388. The number of piperazine rings is 1. The highest BCUT2D eigenvalue weighted by atomic mass is 35.5. The number of nitrogens with one attached hydrogen (secondary N) is 1. The van der Waals surface area contributed by atoms with Crippen LogP contribution in [0, 0.1) is 5.41 Å². The second-order valence-electron chi connectivity index (χ2n) is 6.85. The molecule has 1 saturated heterocycles. The molecule has 3 rings (SSSR count). The molecule has 1 fully saturated rings. The molecule has 0 radical (unpaired) electrons. The van der Waals surface area contributed by atoms with Crippen LogP contribution in [-0.2, 0) is 21.2 Å². The zero-order valence-corrected chi connectivity index (χ0v) is 17.4. The van der Waals surface area contributed by atoms with E-state index in [2.05, 4.69) is 0 Å².